The summed E-state index contributed by atoms with van der Waals surface area (Å²) in [7, 11) is 0. The third-order valence-electron chi connectivity index (χ3n) is 4.46. The first kappa shape index (κ1) is 11.3. The highest BCUT2D eigenvalue weighted by molar-refractivity contribution is 5.64. The second kappa shape index (κ2) is 4.46. The summed E-state index contributed by atoms with van der Waals surface area (Å²) in [6, 6.07) is 1.29. The van der Waals surface area contributed by atoms with Gasteiger partial charge >= 0.3 is 6.09 Å². The predicted octanol–water partition coefficient (Wildman–Crippen LogP) is 0.849. The van der Waals surface area contributed by atoms with Crippen molar-refractivity contribution in [1.29, 1.82) is 0 Å². The number of piperidine rings is 1. The molecule has 3 aliphatic heterocycles. The molecule has 1 amide bonds. The number of rotatable bonds is 2. The summed E-state index contributed by atoms with van der Waals surface area (Å²) in [6.45, 7) is 4.35. The maximum Gasteiger partial charge on any atom is 0.407 e. The summed E-state index contributed by atoms with van der Waals surface area (Å²) >= 11 is 0. The largest absolute Gasteiger partial charge is 0.465 e. The monoisotopic (exact) mass is 240 g/mol. The van der Waals surface area contributed by atoms with Crippen LogP contribution in [-0.4, -0.2) is 65.9 Å². The van der Waals surface area contributed by atoms with E-state index in [-0.39, 0.29) is 0 Å². The molecule has 1 N–H and O–H groups in total. The van der Waals surface area contributed by atoms with Gasteiger partial charge in [0.15, 0.2) is 0 Å². The van der Waals surface area contributed by atoms with Crippen LogP contribution in [0.25, 0.3) is 0 Å². The minimum absolute atomic E-state index is 0.645. The van der Waals surface area contributed by atoms with Crippen molar-refractivity contribution < 1.29 is 14.6 Å². The molecule has 0 spiro atoms. The van der Waals surface area contributed by atoms with E-state index in [0.29, 0.717) is 31.1 Å². The van der Waals surface area contributed by atoms with Gasteiger partial charge in [0.25, 0.3) is 0 Å². The molecule has 96 valence electrons. The molecule has 3 saturated heterocycles. The second-order valence-corrected chi connectivity index (χ2v) is 5.49. The number of carbonyl (C=O) groups is 1. The lowest BCUT2D eigenvalue weighted by Gasteiger charge is -2.53. The summed E-state index contributed by atoms with van der Waals surface area (Å²) in [5, 5.41) is 8.89. The van der Waals surface area contributed by atoms with Crippen LogP contribution in [0, 0.1) is 5.92 Å². The fraction of sp³-hybridized carbons (Fsp3) is 0.917. The summed E-state index contributed by atoms with van der Waals surface area (Å²) in [6.07, 6.45) is 2.57. The predicted molar refractivity (Wildman–Crippen MR) is 62.0 cm³/mol. The van der Waals surface area contributed by atoms with Crippen LogP contribution in [-0.2, 0) is 4.74 Å². The number of hydrogen-bond donors (Lipinski definition) is 1. The van der Waals surface area contributed by atoms with Gasteiger partial charge in [0, 0.05) is 31.7 Å². The number of carboxylic acid groups (broad SMARTS) is 1. The van der Waals surface area contributed by atoms with Crippen molar-refractivity contribution in [2.24, 2.45) is 5.92 Å². The van der Waals surface area contributed by atoms with E-state index in [2.05, 4.69) is 4.90 Å². The molecule has 2 atom stereocenters. The first-order valence-electron chi connectivity index (χ1n) is 6.55. The first-order chi connectivity index (χ1) is 8.24. The van der Waals surface area contributed by atoms with Gasteiger partial charge in [-0.3, -0.25) is 4.90 Å². The Balaban J connectivity index is 1.46. The Hall–Kier alpha value is -0.810. The van der Waals surface area contributed by atoms with Crippen LogP contribution in [0.4, 0.5) is 4.79 Å². The third kappa shape index (κ3) is 2.13. The Morgan fingerprint density at radius 1 is 1.24 bits per heavy atom. The highest BCUT2D eigenvalue weighted by Crippen LogP contribution is 2.33. The van der Waals surface area contributed by atoms with Crippen molar-refractivity contribution in [3.8, 4) is 0 Å². The summed E-state index contributed by atoms with van der Waals surface area (Å²) in [5.74, 6) is 0.675. The molecular weight excluding hydrogens is 220 g/mol. The molecule has 17 heavy (non-hydrogen) atoms. The normalized spacial score (nSPS) is 34.5. The van der Waals surface area contributed by atoms with Crippen molar-refractivity contribution in [2.45, 2.75) is 31.3 Å². The van der Waals surface area contributed by atoms with Gasteiger partial charge in [0.2, 0.25) is 0 Å². The Bertz CT molecular complexity index is 288. The third-order valence-corrected chi connectivity index (χ3v) is 4.46. The molecule has 2 bridgehead atoms. The van der Waals surface area contributed by atoms with E-state index in [1.54, 1.807) is 0 Å². The Kier molecular flexibility index (Phi) is 2.96. The smallest absolute Gasteiger partial charge is 0.407 e. The van der Waals surface area contributed by atoms with Crippen molar-refractivity contribution >= 4 is 6.09 Å². The summed E-state index contributed by atoms with van der Waals surface area (Å²) < 4.78 is 5.47. The number of amides is 1. The quantitative estimate of drug-likeness (QED) is 0.777. The van der Waals surface area contributed by atoms with E-state index in [9.17, 15) is 4.79 Å². The topological polar surface area (TPSA) is 53.0 Å². The molecule has 3 rings (SSSR count). The number of fused-ring (bicyclic) bond motifs is 2. The van der Waals surface area contributed by atoms with E-state index in [0.717, 1.165) is 32.6 Å². The highest BCUT2D eigenvalue weighted by atomic mass is 16.5. The molecule has 0 aromatic rings. The zero-order valence-electron chi connectivity index (χ0n) is 10.0. The van der Waals surface area contributed by atoms with Crippen LogP contribution in [0.5, 0.6) is 0 Å². The molecule has 0 radical (unpaired) electrons. The Labute approximate surface area is 101 Å². The molecule has 3 heterocycles. The number of ether oxygens (including phenoxy) is 1. The van der Waals surface area contributed by atoms with Crippen molar-refractivity contribution in [3.63, 3.8) is 0 Å². The zero-order valence-corrected chi connectivity index (χ0v) is 10.0. The van der Waals surface area contributed by atoms with Gasteiger partial charge in [-0.1, -0.05) is 0 Å². The molecule has 3 fully saturated rings. The molecular formula is C12H20N2O3. The van der Waals surface area contributed by atoms with Crippen molar-refractivity contribution in [3.05, 3.63) is 0 Å². The molecule has 2 unspecified atom stereocenters. The first-order valence-corrected chi connectivity index (χ1v) is 6.55. The van der Waals surface area contributed by atoms with E-state index < -0.39 is 6.09 Å². The van der Waals surface area contributed by atoms with Gasteiger partial charge in [-0.25, -0.2) is 4.79 Å². The molecule has 3 aliphatic rings. The van der Waals surface area contributed by atoms with Crippen molar-refractivity contribution in [2.75, 3.05) is 32.8 Å². The zero-order chi connectivity index (χ0) is 11.8. The number of hydrogen-bond acceptors (Lipinski definition) is 3. The number of morpholine rings is 1. The fourth-order valence-corrected chi connectivity index (χ4v) is 3.32. The van der Waals surface area contributed by atoms with Crippen LogP contribution in [0.2, 0.25) is 0 Å². The highest BCUT2D eigenvalue weighted by Gasteiger charge is 2.43. The van der Waals surface area contributed by atoms with Crippen LogP contribution in [0.15, 0.2) is 0 Å². The molecule has 0 aromatic heterocycles. The van der Waals surface area contributed by atoms with Gasteiger partial charge in [-0.15, -0.1) is 0 Å². The van der Waals surface area contributed by atoms with E-state index >= 15 is 0 Å². The SMILES string of the molecule is O=C(O)N1CCC(CN2C3COCC2C3)CC1. The van der Waals surface area contributed by atoms with Gasteiger partial charge in [0.1, 0.15) is 0 Å². The lowest BCUT2D eigenvalue weighted by atomic mass is 9.87. The van der Waals surface area contributed by atoms with Crippen LogP contribution in [0.1, 0.15) is 19.3 Å². The Morgan fingerprint density at radius 3 is 2.41 bits per heavy atom. The van der Waals surface area contributed by atoms with Crippen LogP contribution < -0.4 is 0 Å². The second-order valence-electron chi connectivity index (χ2n) is 5.49. The molecule has 5 nitrogen and oxygen atoms in total. The summed E-state index contributed by atoms with van der Waals surface area (Å²) in [4.78, 5) is 14.9. The van der Waals surface area contributed by atoms with E-state index in [4.69, 9.17) is 9.84 Å². The van der Waals surface area contributed by atoms with Gasteiger partial charge in [-0.05, 0) is 25.2 Å². The van der Waals surface area contributed by atoms with Crippen LogP contribution >= 0.6 is 0 Å². The van der Waals surface area contributed by atoms with E-state index in [1.807, 2.05) is 0 Å². The number of nitrogens with zero attached hydrogens (tertiary/aromatic N) is 2. The minimum Gasteiger partial charge on any atom is -0.465 e. The summed E-state index contributed by atoms with van der Waals surface area (Å²) in [5.41, 5.74) is 0. The standard InChI is InChI=1S/C12H20N2O3/c15-12(16)13-3-1-9(2-4-13)6-14-10-5-11(14)8-17-7-10/h9-11H,1-8H2,(H,15,16). The van der Waals surface area contributed by atoms with Gasteiger partial charge in [0.05, 0.1) is 13.2 Å². The minimum atomic E-state index is -0.766. The average Bonchev–Trinajstić information content (AvgIpc) is 2.37. The van der Waals surface area contributed by atoms with Gasteiger partial charge < -0.3 is 14.7 Å². The average molecular weight is 240 g/mol. The van der Waals surface area contributed by atoms with Gasteiger partial charge in [-0.2, -0.15) is 0 Å². The fourth-order valence-electron chi connectivity index (χ4n) is 3.32. The van der Waals surface area contributed by atoms with E-state index in [1.165, 1.54) is 11.3 Å². The lowest BCUT2D eigenvalue weighted by molar-refractivity contribution is -0.133. The number of likely N-dealkylation sites (tertiary alicyclic amines) is 1. The maximum absolute atomic E-state index is 10.8. The Morgan fingerprint density at radius 2 is 1.88 bits per heavy atom. The lowest BCUT2D eigenvalue weighted by Crippen LogP contribution is -2.64. The van der Waals surface area contributed by atoms with Crippen LogP contribution in [0.3, 0.4) is 0 Å². The molecule has 0 saturated carbocycles. The molecule has 5 heteroatoms. The molecule has 0 aromatic carbocycles. The van der Waals surface area contributed by atoms with Crippen molar-refractivity contribution in [1.82, 2.24) is 9.80 Å². The maximum atomic E-state index is 10.8. The molecule has 0 aliphatic carbocycles.